The van der Waals surface area contributed by atoms with Crippen LogP contribution in [0.3, 0.4) is 0 Å². The lowest BCUT2D eigenvalue weighted by Gasteiger charge is -2.29. The number of ether oxygens (including phenoxy) is 4. The molecule has 1 N–H and O–H groups in total. The third kappa shape index (κ3) is 9.14. The zero-order valence-corrected chi connectivity index (χ0v) is 18.5. The highest BCUT2D eigenvalue weighted by Crippen LogP contribution is 2.37. The Morgan fingerprint density at radius 1 is 1.34 bits per heavy atom. The van der Waals surface area contributed by atoms with Gasteiger partial charge in [-0.3, -0.25) is 0 Å². The molecular formula is C23H36O6. The van der Waals surface area contributed by atoms with Crippen molar-refractivity contribution in [2.45, 2.75) is 77.6 Å². The molecule has 0 aliphatic carbocycles. The van der Waals surface area contributed by atoms with Gasteiger partial charge in [-0.15, -0.1) is 5.92 Å². The molecule has 1 fully saturated rings. The number of hydrogen-bond donors (Lipinski definition) is 1. The van der Waals surface area contributed by atoms with E-state index in [2.05, 4.69) is 24.8 Å². The highest BCUT2D eigenvalue weighted by Gasteiger charge is 2.45. The van der Waals surface area contributed by atoms with Gasteiger partial charge in [-0.1, -0.05) is 17.6 Å². The largest absolute Gasteiger partial charge is 0.463 e. The second kappa shape index (κ2) is 13.6. The molecule has 1 rings (SSSR count). The lowest BCUT2D eigenvalue weighted by atomic mass is 9.91. The molecule has 6 nitrogen and oxygen atoms in total. The lowest BCUT2D eigenvalue weighted by molar-refractivity contribution is -0.147. The topological polar surface area (TPSA) is 74.2 Å². The SMILES string of the molecule is CCOC(=O)/C(C)=C/[C@@H]1C[C@@](C)(OCOC)[C@H](CC/C(C)=C/CCC#CCO)O1. The van der Waals surface area contributed by atoms with Gasteiger partial charge in [0.1, 0.15) is 13.4 Å². The van der Waals surface area contributed by atoms with Gasteiger partial charge in [0, 0.05) is 25.5 Å². The molecule has 0 spiro atoms. The Morgan fingerprint density at radius 2 is 2.10 bits per heavy atom. The molecule has 0 bridgehead atoms. The maximum atomic E-state index is 11.9. The number of hydrogen-bond acceptors (Lipinski definition) is 6. The van der Waals surface area contributed by atoms with E-state index >= 15 is 0 Å². The molecule has 1 aliphatic rings. The molecule has 6 heteroatoms. The van der Waals surface area contributed by atoms with Crippen LogP contribution >= 0.6 is 0 Å². The number of esters is 1. The number of allylic oxidation sites excluding steroid dienone is 2. The smallest absolute Gasteiger partial charge is 0.333 e. The molecule has 0 aromatic heterocycles. The average Bonchev–Trinajstić information content (AvgIpc) is 3.00. The van der Waals surface area contributed by atoms with Gasteiger partial charge < -0.3 is 24.1 Å². The minimum Gasteiger partial charge on any atom is -0.463 e. The molecule has 0 amide bonds. The van der Waals surface area contributed by atoms with Crippen LogP contribution in [0.5, 0.6) is 0 Å². The summed E-state index contributed by atoms with van der Waals surface area (Å²) in [6.45, 7) is 8.13. The molecule has 0 saturated carbocycles. The molecule has 1 heterocycles. The molecule has 164 valence electrons. The average molecular weight is 409 g/mol. The van der Waals surface area contributed by atoms with Crippen LogP contribution in [0.1, 0.15) is 59.8 Å². The first-order valence-electron chi connectivity index (χ1n) is 10.2. The van der Waals surface area contributed by atoms with E-state index in [1.54, 1.807) is 21.0 Å². The molecule has 1 aliphatic heterocycles. The summed E-state index contributed by atoms with van der Waals surface area (Å²) in [5.74, 6) is 5.26. The fourth-order valence-corrected chi connectivity index (χ4v) is 3.34. The molecule has 0 aromatic rings. The number of methoxy groups -OCH3 is 1. The van der Waals surface area contributed by atoms with E-state index in [0.29, 0.717) is 18.6 Å². The Bertz CT molecular complexity index is 627. The minimum atomic E-state index is -0.487. The fraction of sp³-hybridized carbons (Fsp3) is 0.696. The lowest BCUT2D eigenvalue weighted by Crippen LogP contribution is -2.38. The number of carbonyl (C=O) groups excluding carboxylic acids is 1. The maximum Gasteiger partial charge on any atom is 0.333 e. The van der Waals surface area contributed by atoms with Crippen LogP contribution in [-0.4, -0.2) is 56.0 Å². The van der Waals surface area contributed by atoms with Crippen molar-refractivity contribution in [1.82, 2.24) is 0 Å². The zero-order valence-electron chi connectivity index (χ0n) is 18.5. The van der Waals surface area contributed by atoms with Gasteiger partial charge in [0.15, 0.2) is 0 Å². The molecule has 29 heavy (non-hydrogen) atoms. The molecule has 3 atom stereocenters. The van der Waals surface area contributed by atoms with Gasteiger partial charge in [-0.2, -0.15) is 0 Å². The van der Waals surface area contributed by atoms with E-state index in [-0.39, 0.29) is 31.6 Å². The normalized spacial score (nSPS) is 24.9. The minimum absolute atomic E-state index is 0.0903. The summed E-state index contributed by atoms with van der Waals surface area (Å²) in [6.07, 6.45) is 7.66. The van der Waals surface area contributed by atoms with E-state index in [0.717, 1.165) is 25.7 Å². The van der Waals surface area contributed by atoms with Gasteiger partial charge in [-0.05, 0) is 53.0 Å². The third-order valence-electron chi connectivity index (χ3n) is 4.93. The summed E-state index contributed by atoms with van der Waals surface area (Å²) < 4.78 is 22.4. The Labute approximate surface area is 175 Å². The van der Waals surface area contributed by atoms with Crippen LogP contribution in [0.15, 0.2) is 23.3 Å². The molecule has 0 radical (unpaired) electrons. The number of aliphatic hydroxyl groups excluding tert-OH is 1. The summed E-state index contributed by atoms with van der Waals surface area (Å²) in [5.41, 5.74) is 1.33. The quantitative estimate of drug-likeness (QED) is 0.141. The highest BCUT2D eigenvalue weighted by atomic mass is 16.7. The van der Waals surface area contributed by atoms with E-state index in [4.69, 9.17) is 24.1 Å². The second-order valence-corrected chi connectivity index (χ2v) is 7.44. The Kier molecular flexibility index (Phi) is 11.9. The van der Waals surface area contributed by atoms with Crippen molar-refractivity contribution in [3.05, 3.63) is 23.3 Å². The van der Waals surface area contributed by atoms with E-state index in [9.17, 15) is 4.79 Å². The van der Waals surface area contributed by atoms with Crippen LogP contribution in [0.25, 0.3) is 0 Å². The van der Waals surface area contributed by atoms with Gasteiger partial charge in [0.25, 0.3) is 0 Å². The first-order chi connectivity index (χ1) is 13.9. The predicted molar refractivity (Wildman–Crippen MR) is 112 cm³/mol. The summed E-state index contributed by atoms with van der Waals surface area (Å²) in [5, 5.41) is 8.67. The van der Waals surface area contributed by atoms with Crippen molar-refractivity contribution in [3.63, 3.8) is 0 Å². The van der Waals surface area contributed by atoms with Crippen LogP contribution in [-0.2, 0) is 23.7 Å². The van der Waals surface area contributed by atoms with Crippen molar-refractivity contribution in [3.8, 4) is 11.8 Å². The van der Waals surface area contributed by atoms with E-state index < -0.39 is 5.60 Å². The third-order valence-corrected chi connectivity index (χ3v) is 4.93. The van der Waals surface area contributed by atoms with Gasteiger partial charge in [0.05, 0.1) is 24.4 Å². The predicted octanol–water partition coefficient (Wildman–Crippen LogP) is 3.53. The molecular weight excluding hydrogens is 372 g/mol. The van der Waals surface area contributed by atoms with Crippen LogP contribution in [0.4, 0.5) is 0 Å². The van der Waals surface area contributed by atoms with Crippen LogP contribution in [0.2, 0.25) is 0 Å². The van der Waals surface area contributed by atoms with E-state index in [1.807, 2.05) is 13.0 Å². The second-order valence-electron chi connectivity index (χ2n) is 7.44. The Hall–Kier alpha value is -1.65. The van der Waals surface area contributed by atoms with Crippen molar-refractivity contribution < 1.29 is 28.8 Å². The summed E-state index contributed by atoms with van der Waals surface area (Å²) in [7, 11) is 1.60. The first kappa shape index (κ1) is 25.4. The summed E-state index contributed by atoms with van der Waals surface area (Å²) in [4.78, 5) is 11.9. The number of aliphatic hydroxyl groups is 1. The fourth-order valence-electron chi connectivity index (χ4n) is 3.34. The van der Waals surface area contributed by atoms with Crippen molar-refractivity contribution in [2.75, 3.05) is 27.1 Å². The van der Waals surface area contributed by atoms with Crippen LogP contribution < -0.4 is 0 Å². The zero-order chi connectivity index (χ0) is 21.7. The number of rotatable bonds is 11. The standard InChI is InChI=1S/C23H36O6/c1-6-27-22(25)19(3)15-20-16-23(4,28-17-26-5)21(29-20)13-12-18(2)11-9-7-8-10-14-24/h11,15,20-21,24H,6-7,9,12-14,16-17H2,1-5H3/b18-11+,19-15+/t20-,21+,23-/m1/s1. The molecule has 0 aromatic carbocycles. The van der Waals surface area contributed by atoms with Crippen molar-refractivity contribution in [2.24, 2.45) is 0 Å². The Morgan fingerprint density at radius 3 is 2.76 bits per heavy atom. The van der Waals surface area contributed by atoms with Crippen LogP contribution in [0, 0.1) is 11.8 Å². The number of carbonyl (C=O) groups is 1. The first-order valence-corrected chi connectivity index (χ1v) is 10.2. The monoisotopic (exact) mass is 408 g/mol. The van der Waals surface area contributed by atoms with Gasteiger partial charge >= 0.3 is 5.97 Å². The summed E-state index contributed by atoms with van der Waals surface area (Å²) >= 11 is 0. The van der Waals surface area contributed by atoms with Gasteiger partial charge in [0.2, 0.25) is 0 Å². The highest BCUT2D eigenvalue weighted by molar-refractivity contribution is 5.87. The van der Waals surface area contributed by atoms with E-state index in [1.165, 1.54) is 5.57 Å². The maximum absolute atomic E-state index is 11.9. The molecule has 1 saturated heterocycles. The molecule has 0 unspecified atom stereocenters. The Balaban J connectivity index is 2.72. The van der Waals surface area contributed by atoms with Gasteiger partial charge in [-0.25, -0.2) is 4.79 Å². The van der Waals surface area contributed by atoms with Crippen molar-refractivity contribution >= 4 is 5.97 Å². The summed E-state index contributed by atoms with van der Waals surface area (Å²) in [6, 6.07) is 0. The van der Waals surface area contributed by atoms with Crippen molar-refractivity contribution in [1.29, 1.82) is 0 Å². The number of unbranched alkanes of at least 4 members (excludes halogenated alkanes) is 1.